The van der Waals surface area contributed by atoms with Crippen LogP contribution in [0.5, 0.6) is 0 Å². The third-order valence-electron chi connectivity index (χ3n) is 4.87. The monoisotopic (exact) mass is 294 g/mol. The average Bonchev–Trinajstić information content (AvgIpc) is 2.37. The van der Waals surface area contributed by atoms with Crippen molar-refractivity contribution in [3.05, 3.63) is 0 Å². The minimum atomic E-state index is -0.738. The van der Waals surface area contributed by atoms with Crippen LogP contribution in [0.3, 0.4) is 0 Å². The molecule has 0 spiro atoms. The molecule has 5 heteroatoms. The van der Waals surface area contributed by atoms with Crippen LogP contribution in [0.4, 0.5) is 4.79 Å². The van der Waals surface area contributed by atoms with Crippen molar-refractivity contribution in [1.29, 1.82) is 0 Å². The Morgan fingerprint density at radius 2 is 1.62 bits per heavy atom. The van der Waals surface area contributed by atoms with E-state index in [4.69, 9.17) is 0 Å². The van der Waals surface area contributed by atoms with Gasteiger partial charge in [0.15, 0.2) is 0 Å². The van der Waals surface area contributed by atoms with E-state index in [1.54, 1.807) is 0 Å². The fourth-order valence-corrected chi connectivity index (χ4v) is 3.75. The van der Waals surface area contributed by atoms with Crippen molar-refractivity contribution < 1.29 is 14.4 Å². The van der Waals surface area contributed by atoms with Crippen molar-refractivity contribution in [1.82, 2.24) is 10.2 Å². The molecule has 0 bridgehead atoms. The van der Waals surface area contributed by atoms with Gasteiger partial charge in [-0.2, -0.15) is 0 Å². The molecule has 0 aromatic heterocycles. The molecule has 3 unspecified atom stereocenters. The van der Waals surface area contributed by atoms with Crippen molar-refractivity contribution in [2.75, 3.05) is 0 Å². The molecule has 1 saturated carbocycles. The summed E-state index contributed by atoms with van der Waals surface area (Å²) in [4.78, 5) is 38.2. The predicted molar refractivity (Wildman–Crippen MR) is 79.3 cm³/mol. The van der Waals surface area contributed by atoms with E-state index in [1.807, 2.05) is 13.8 Å². The maximum atomic E-state index is 12.7. The third-order valence-corrected chi connectivity index (χ3v) is 4.87. The highest BCUT2D eigenvalue weighted by molar-refractivity contribution is 6.16. The van der Waals surface area contributed by atoms with Crippen LogP contribution in [0, 0.1) is 23.7 Å². The molecule has 2 rings (SSSR count). The summed E-state index contributed by atoms with van der Waals surface area (Å²) in [5, 5.41) is 2.38. The van der Waals surface area contributed by atoms with E-state index in [0.717, 1.165) is 25.7 Å². The first-order valence-corrected chi connectivity index (χ1v) is 8.02. The molecule has 1 saturated heterocycles. The van der Waals surface area contributed by atoms with E-state index in [0.29, 0.717) is 11.8 Å². The van der Waals surface area contributed by atoms with E-state index >= 15 is 0 Å². The Labute approximate surface area is 126 Å². The molecular formula is C16H26N2O3. The molecule has 5 nitrogen and oxygen atoms in total. The second-order valence-electron chi connectivity index (χ2n) is 6.98. The van der Waals surface area contributed by atoms with E-state index in [9.17, 15) is 14.4 Å². The number of nitrogens with zero attached hydrogens (tertiary/aromatic N) is 1. The molecule has 1 aliphatic heterocycles. The summed E-state index contributed by atoms with van der Waals surface area (Å²) in [5.74, 6) is -0.850. The number of hydrogen-bond donors (Lipinski definition) is 1. The lowest BCUT2D eigenvalue weighted by molar-refractivity contribution is -0.147. The number of barbiturate groups is 1. The van der Waals surface area contributed by atoms with E-state index in [2.05, 4.69) is 19.2 Å². The van der Waals surface area contributed by atoms with E-state index in [1.165, 1.54) is 4.90 Å². The topological polar surface area (TPSA) is 66.5 Å². The largest absolute Gasteiger partial charge is 0.331 e. The Morgan fingerprint density at radius 3 is 2.19 bits per heavy atom. The summed E-state index contributed by atoms with van der Waals surface area (Å²) in [6.07, 6.45) is 4.07. The number of amides is 4. The van der Waals surface area contributed by atoms with Crippen LogP contribution < -0.4 is 5.32 Å². The minimum Gasteiger partial charge on any atom is -0.277 e. The summed E-state index contributed by atoms with van der Waals surface area (Å²) >= 11 is 0. The Morgan fingerprint density at radius 1 is 1.00 bits per heavy atom. The Kier molecular flexibility index (Phi) is 4.69. The van der Waals surface area contributed by atoms with Gasteiger partial charge in [-0.15, -0.1) is 0 Å². The van der Waals surface area contributed by atoms with Gasteiger partial charge in [-0.3, -0.25) is 19.8 Å². The molecule has 0 aromatic carbocycles. The molecule has 1 heterocycles. The van der Waals surface area contributed by atoms with Crippen LogP contribution in [0.25, 0.3) is 0 Å². The number of carbonyl (C=O) groups is 3. The normalized spacial score (nSPS) is 31.0. The highest BCUT2D eigenvalue weighted by Crippen LogP contribution is 2.35. The molecular weight excluding hydrogens is 268 g/mol. The predicted octanol–water partition coefficient (Wildman–Crippen LogP) is 2.55. The maximum Gasteiger partial charge on any atom is 0.331 e. The Balaban J connectivity index is 2.29. The molecule has 4 amide bonds. The van der Waals surface area contributed by atoms with Gasteiger partial charge in [-0.05, 0) is 30.6 Å². The van der Waals surface area contributed by atoms with Gasteiger partial charge in [0.25, 0.3) is 0 Å². The van der Waals surface area contributed by atoms with Gasteiger partial charge in [-0.1, -0.05) is 40.5 Å². The minimum absolute atomic E-state index is 0.0689. The first-order chi connectivity index (χ1) is 9.84. The maximum absolute atomic E-state index is 12.7. The first-order valence-electron chi connectivity index (χ1n) is 8.02. The van der Waals surface area contributed by atoms with Crippen molar-refractivity contribution in [2.45, 2.75) is 59.4 Å². The molecule has 0 aromatic rings. The second-order valence-corrected chi connectivity index (χ2v) is 6.98. The van der Waals surface area contributed by atoms with Gasteiger partial charge in [0.05, 0.1) is 0 Å². The third kappa shape index (κ3) is 2.97. The summed E-state index contributed by atoms with van der Waals surface area (Å²) in [5.41, 5.74) is 0. The highest BCUT2D eigenvalue weighted by Gasteiger charge is 2.47. The molecule has 2 aliphatic rings. The van der Waals surface area contributed by atoms with Crippen molar-refractivity contribution in [3.63, 3.8) is 0 Å². The van der Waals surface area contributed by atoms with Crippen molar-refractivity contribution in [2.24, 2.45) is 23.7 Å². The van der Waals surface area contributed by atoms with Crippen LogP contribution in [0.15, 0.2) is 0 Å². The van der Waals surface area contributed by atoms with Gasteiger partial charge in [0.2, 0.25) is 11.8 Å². The van der Waals surface area contributed by atoms with E-state index in [-0.39, 0.29) is 17.9 Å². The summed E-state index contributed by atoms with van der Waals surface area (Å²) < 4.78 is 0. The second kappa shape index (κ2) is 6.16. The zero-order valence-electron chi connectivity index (χ0n) is 13.4. The van der Waals surface area contributed by atoms with Gasteiger partial charge in [0.1, 0.15) is 5.92 Å². The molecule has 1 aliphatic carbocycles. The lowest BCUT2D eigenvalue weighted by Gasteiger charge is -2.43. The SMILES string of the molecule is CC(C)C1C(=O)NC(=O)N(C2CCCCC2C(C)C)C1=O. The molecule has 0 radical (unpaired) electrons. The smallest absolute Gasteiger partial charge is 0.277 e. The highest BCUT2D eigenvalue weighted by atomic mass is 16.2. The van der Waals surface area contributed by atoms with Crippen molar-refractivity contribution in [3.8, 4) is 0 Å². The number of urea groups is 1. The number of hydrogen-bond acceptors (Lipinski definition) is 3. The van der Waals surface area contributed by atoms with Crippen molar-refractivity contribution >= 4 is 17.8 Å². The summed E-state index contributed by atoms with van der Waals surface area (Å²) in [7, 11) is 0. The first kappa shape index (κ1) is 16.0. The molecule has 118 valence electrons. The van der Waals surface area contributed by atoms with Gasteiger partial charge >= 0.3 is 6.03 Å². The van der Waals surface area contributed by atoms with Crippen LogP contribution >= 0.6 is 0 Å². The zero-order valence-corrected chi connectivity index (χ0v) is 13.4. The fraction of sp³-hybridized carbons (Fsp3) is 0.812. The van der Waals surface area contributed by atoms with Gasteiger partial charge in [0, 0.05) is 6.04 Å². The Hall–Kier alpha value is -1.39. The average molecular weight is 294 g/mol. The molecule has 1 N–H and O–H groups in total. The molecule has 21 heavy (non-hydrogen) atoms. The lowest BCUT2D eigenvalue weighted by atomic mass is 9.76. The van der Waals surface area contributed by atoms with Gasteiger partial charge in [-0.25, -0.2) is 4.79 Å². The fourth-order valence-electron chi connectivity index (χ4n) is 3.75. The molecule has 3 atom stereocenters. The van der Waals surface area contributed by atoms with Crippen LogP contribution in [0.1, 0.15) is 53.4 Å². The number of nitrogens with one attached hydrogen (secondary N) is 1. The quantitative estimate of drug-likeness (QED) is 0.813. The summed E-state index contributed by atoms with van der Waals surface area (Å²) in [6, 6.07) is -0.597. The van der Waals surface area contributed by atoms with Crippen LogP contribution in [0.2, 0.25) is 0 Å². The van der Waals surface area contributed by atoms with E-state index < -0.39 is 17.9 Å². The van der Waals surface area contributed by atoms with Gasteiger partial charge < -0.3 is 0 Å². The van der Waals surface area contributed by atoms with Crippen LogP contribution in [-0.2, 0) is 9.59 Å². The number of imide groups is 2. The molecule has 2 fully saturated rings. The number of rotatable bonds is 3. The standard InChI is InChI=1S/C16H26N2O3/c1-9(2)11-7-5-6-8-12(11)18-15(20)13(10(3)4)14(19)17-16(18)21/h9-13H,5-8H2,1-4H3,(H,17,19,21). The number of carbonyl (C=O) groups excluding carboxylic acids is 3. The van der Waals surface area contributed by atoms with Crippen LogP contribution in [-0.4, -0.2) is 28.8 Å². The Bertz CT molecular complexity index is 445. The lowest BCUT2D eigenvalue weighted by Crippen LogP contribution is -2.63. The summed E-state index contributed by atoms with van der Waals surface area (Å²) in [6.45, 7) is 7.97. The zero-order chi connectivity index (χ0) is 15.7.